The van der Waals surface area contributed by atoms with Crippen molar-refractivity contribution in [3.8, 4) is 0 Å². The Morgan fingerprint density at radius 2 is 1.63 bits per heavy atom. The van der Waals surface area contributed by atoms with E-state index >= 15 is 0 Å². The Morgan fingerprint density at radius 3 is 2.22 bits per heavy atom. The molecule has 1 aliphatic heterocycles. The van der Waals surface area contributed by atoms with Crippen LogP contribution in [0, 0.1) is 12.3 Å². The average molecular weight is 370 g/mol. The lowest BCUT2D eigenvalue weighted by Gasteiger charge is -2.36. The summed E-state index contributed by atoms with van der Waals surface area (Å²) >= 11 is 0. The molecular formula is C21H30N4O2. The van der Waals surface area contributed by atoms with Crippen molar-refractivity contribution in [2.75, 3.05) is 26.2 Å². The van der Waals surface area contributed by atoms with Gasteiger partial charge in [-0.3, -0.25) is 9.59 Å². The van der Waals surface area contributed by atoms with E-state index in [9.17, 15) is 9.59 Å². The van der Waals surface area contributed by atoms with Crippen LogP contribution in [0.3, 0.4) is 0 Å². The van der Waals surface area contributed by atoms with E-state index in [0.29, 0.717) is 39.0 Å². The molecule has 2 heterocycles. The van der Waals surface area contributed by atoms with Gasteiger partial charge >= 0.3 is 0 Å². The minimum absolute atomic E-state index is 0.00743. The molecule has 6 nitrogen and oxygen atoms in total. The molecule has 1 saturated heterocycles. The molecule has 27 heavy (non-hydrogen) atoms. The van der Waals surface area contributed by atoms with Crippen LogP contribution >= 0.6 is 0 Å². The van der Waals surface area contributed by atoms with Crippen molar-refractivity contribution >= 4 is 22.8 Å². The number of carbonyl (C=O) groups excluding carboxylic acids is 2. The molecule has 146 valence electrons. The molecule has 6 heteroatoms. The van der Waals surface area contributed by atoms with Crippen LogP contribution in [-0.2, 0) is 23.1 Å². The Bertz CT molecular complexity index is 855. The number of aromatic nitrogens is 2. The summed E-state index contributed by atoms with van der Waals surface area (Å²) in [5.74, 6) is 1.26. The van der Waals surface area contributed by atoms with Gasteiger partial charge in [-0.15, -0.1) is 0 Å². The zero-order valence-corrected chi connectivity index (χ0v) is 17.1. The second-order valence-corrected chi connectivity index (χ2v) is 8.72. The SMILES string of the molecule is Cc1nc2cc(CC(=O)N3CCN(C(=O)CC(C)(C)C)CC3)ccc2n1C. The third kappa shape index (κ3) is 4.49. The van der Waals surface area contributed by atoms with Crippen molar-refractivity contribution in [2.45, 2.75) is 40.5 Å². The average Bonchev–Trinajstić information content (AvgIpc) is 2.87. The molecule has 0 aliphatic carbocycles. The molecule has 0 radical (unpaired) electrons. The molecule has 1 aromatic carbocycles. The number of nitrogens with zero attached hydrogens (tertiary/aromatic N) is 4. The number of piperazine rings is 1. The lowest BCUT2D eigenvalue weighted by Crippen LogP contribution is -2.51. The van der Waals surface area contributed by atoms with E-state index in [2.05, 4.69) is 30.3 Å². The number of imidazole rings is 1. The molecule has 2 amide bonds. The van der Waals surface area contributed by atoms with Gasteiger partial charge in [0.05, 0.1) is 17.5 Å². The van der Waals surface area contributed by atoms with Crippen LogP contribution in [0.15, 0.2) is 18.2 Å². The predicted molar refractivity (Wildman–Crippen MR) is 106 cm³/mol. The molecule has 1 aromatic heterocycles. The van der Waals surface area contributed by atoms with Gasteiger partial charge in [0.15, 0.2) is 0 Å². The van der Waals surface area contributed by atoms with Gasteiger partial charge < -0.3 is 14.4 Å². The van der Waals surface area contributed by atoms with Gasteiger partial charge in [0, 0.05) is 39.6 Å². The van der Waals surface area contributed by atoms with E-state index < -0.39 is 0 Å². The highest BCUT2D eigenvalue weighted by Gasteiger charge is 2.26. The Kier molecular flexibility index (Phi) is 5.27. The predicted octanol–water partition coefficient (Wildman–Crippen LogP) is 2.53. The van der Waals surface area contributed by atoms with Gasteiger partial charge in [-0.25, -0.2) is 4.98 Å². The monoisotopic (exact) mass is 370 g/mol. The fourth-order valence-electron chi connectivity index (χ4n) is 3.53. The third-order valence-electron chi connectivity index (χ3n) is 5.19. The van der Waals surface area contributed by atoms with Crippen molar-refractivity contribution in [3.05, 3.63) is 29.6 Å². The van der Waals surface area contributed by atoms with Crippen molar-refractivity contribution in [1.29, 1.82) is 0 Å². The van der Waals surface area contributed by atoms with Gasteiger partial charge in [0.2, 0.25) is 11.8 Å². The Balaban J connectivity index is 1.57. The molecule has 1 aliphatic rings. The summed E-state index contributed by atoms with van der Waals surface area (Å²) in [4.78, 5) is 33.3. The van der Waals surface area contributed by atoms with Gasteiger partial charge in [0.1, 0.15) is 5.82 Å². The van der Waals surface area contributed by atoms with Crippen molar-refractivity contribution in [2.24, 2.45) is 12.5 Å². The van der Waals surface area contributed by atoms with E-state index in [0.717, 1.165) is 22.4 Å². The van der Waals surface area contributed by atoms with E-state index in [1.807, 2.05) is 42.0 Å². The Morgan fingerprint density at radius 1 is 1.04 bits per heavy atom. The van der Waals surface area contributed by atoms with Crippen LogP contribution in [0.2, 0.25) is 0 Å². The quantitative estimate of drug-likeness (QED) is 0.834. The maximum Gasteiger partial charge on any atom is 0.227 e. The molecule has 3 rings (SSSR count). The molecule has 0 saturated carbocycles. The molecule has 2 aromatic rings. The van der Waals surface area contributed by atoms with E-state index in [1.54, 1.807) is 0 Å². The molecule has 0 spiro atoms. The van der Waals surface area contributed by atoms with Crippen molar-refractivity contribution in [3.63, 3.8) is 0 Å². The summed E-state index contributed by atoms with van der Waals surface area (Å²) in [6, 6.07) is 6.04. The molecule has 1 fully saturated rings. The summed E-state index contributed by atoms with van der Waals surface area (Å²) < 4.78 is 2.05. The maximum absolute atomic E-state index is 12.7. The largest absolute Gasteiger partial charge is 0.339 e. The van der Waals surface area contributed by atoms with E-state index in [-0.39, 0.29) is 17.2 Å². The summed E-state index contributed by atoms with van der Waals surface area (Å²) in [6.07, 6.45) is 0.923. The number of benzene rings is 1. The van der Waals surface area contributed by atoms with Gasteiger partial charge in [-0.05, 0) is 30.0 Å². The summed E-state index contributed by atoms with van der Waals surface area (Å²) in [5, 5.41) is 0. The first-order valence-electron chi connectivity index (χ1n) is 9.61. The third-order valence-corrected chi connectivity index (χ3v) is 5.19. The zero-order valence-electron chi connectivity index (χ0n) is 17.1. The maximum atomic E-state index is 12.7. The van der Waals surface area contributed by atoms with Crippen molar-refractivity contribution < 1.29 is 9.59 Å². The number of rotatable bonds is 3. The number of hydrogen-bond acceptors (Lipinski definition) is 3. The smallest absolute Gasteiger partial charge is 0.227 e. The number of aryl methyl sites for hydroxylation is 2. The van der Waals surface area contributed by atoms with Crippen molar-refractivity contribution in [1.82, 2.24) is 19.4 Å². The molecule has 0 unspecified atom stereocenters. The van der Waals surface area contributed by atoms with Gasteiger partial charge in [0.25, 0.3) is 0 Å². The highest BCUT2D eigenvalue weighted by atomic mass is 16.2. The summed E-state index contributed by atoms with van der Waals surface area (Å²) in [6.45, 7) is 10.7. The second-order valence-electron chi connectivity index (χ2n) is 8.72. The zero-order chi connectivity index (χ0) is 19.8. The summed E-state index contributed by atoms with van der Waals surface area (Å²) in [7, 11) is 2.00. The molecule has 0 atom stereocenters. The van der Waals surface area contributed by atoms with Crippen LogP contribution < -0.4 is 0 Å². The van der Waals surface area contributed by atoms with Gasteiger partial charge in [-0.2, -0.15) is 0 Å². The van der Waals surface area contributed by atoms with Crippen LogP contribution in [0.25, 0.3) is 11.0 Å². The van der Waals surface area contributed by atoms with Crippen LogP contribution in [0.5, 0.6) is 0 Å². The first-order valence-corrected chi connectivity index (χ1v) is 9.61. The van der Waals surface area contributed by atoms with Crippen LogP contribution in [0.4, 0.5) is 0 Å². The number of amides is 2. The van der Waals surface area contributed by atoms with E-state index in [4.69, 9.17) is 0 Å². The Hall–Kier alpha value is -2.37. The minimum Gasteiger partial charge on any atom is -0.339 e. The lowest BCUT2D eigenvalue weighted by molar-refractivity contribution is -0.140. The molecular weight excluding hydrogens is 340 g/mol. The minimum atomic E-state index is -0.00743. The normalized spacial score (nSPS) is 15.4. The van der Waals surface area contributed by atoms with Gasteiger partial charge in [-0.1, -0.05) is 26.8 Å². The molecule has 0 bridgehead atoms. The number of fused-ring (bicyclic) bond motifs is 1. The molecule has 0 N–H and O–H groups in total. The second kappa shape index (κ2) is 7.33. The fraction of sp³-hybridized carbons (Fsp3) is 0.571. The lowest BCUT2D eigenvalue weighted by atomic mass is 9.91. The first kappa shape index (κ1) is 19.4. The summed E-state index contributed by atoms with van der Waals surface area (Å²) in [5.41, 5.74) is 2.98. The first-order chi connectivity index (χ1) is 12.6. The Labute approximate surface area is 161 Å². The fourth-order valence-corrected chi connectivity index (χ4v) is 3.53. The topological polar surface area (TPSA) is 58.4 Å². The highest BCUT2D eigenvalue weighted by molar-refractivity contribution is 5.82. The standard InChI is InChI=1S/C21H30N4O2/c1-15-22-17-12-16(6-7-18(17)23(15)5)13-19(26)24-8-10-25(11-9-24)20(27)14-21(2,3)4/h6-7,12H,8-11,13-14H2,1-5H3. The van der Waals surface area contributed by atoms with Crippen LogP contribution in [0.1, 0.15) is 38.6 Å². The number of hydrogen-bond donors (Lipinski definition) is 0. The number of carbonyl (C=O) groups is 2. The van der Waals surface area contributed by atoms with Crippen LogP contribution in [-0.4, -0.2) is 57.3 Å². The highest BCUT2D eigenvalue weighted by Crippen LogP contribution is 2.21. The van der Waals surface area contributed by atoms with E-state index in [1.165, 1.54) is 0 Å².